The van der Waals surface area contributed by atoms with E-state index in [0.717, 1.165) is 22.9 Å². The maximum absolute atomic E-state index is 13.8. The normalized spacial score (nSPS) is 17.6. The van der Waals surface area contributed by atoms with E-state index in [0.29, 0.717) is 5.69 Å². The molecule has 3 rings (SSSR count). The number of thioether (sulfide) groups is 1. The fraction of sp³-hybridized carbons (Fsp3) is 0.235. The molecule has 1 aliphatic rings. The second-order valence-corrected chi connectivity index (χ2v) is 6.21. The van der Waals surface area contributed by atoms with Crippen LogP contribution in [0, 0.1) is 12.7 Å². The van der Waals surface area contributed by atoms with Crippen molar-refractivity contribution in [1.29, 1.82) is 0 Å². The van der Waals surface area contributed by atoms with Gasteiger partial charge in [-0.05, 0) is 36.6 Å². The highest BCUT2D eigenvalue weighted by molar-refractivity contribution is 8.14. The Morgan fingerprint density at radius 2 is 2.05 bits per heavy atom. The van der Waals surface area contributed by atoms with Gasteiger partial charge in [0, 0.05) is 5.75 Å². The van der Waals surface area contributed by atoms with E-state index in [-0.39, 0.29) is 11.9 Å². The van der Waals surface area contributed by atoms with Crippen LogP contribution < -0.4 is 5.32 Å². The van der Waals surface area contributed by atoms with E-state index in [4.69, 9.17) is 0 Å². The average molecular weight is 300 g/mol. The minimum Gasteiger partial charge on any atom is -0.333 e. The first-order chi connectivity index (χ1) is 10.2. The van der Waals surface area contributed by atoms with Crippen LogP contribution in [0.1, 0.15) is 11.1 Å². The summed E-state index contributed by atoms with van der Waals surface area (Å²) in [6.07, 6.45) is 0.926. The van der Waals surface area contributed by atoms with Gasteiger partial charge in [-0.2, -0.15) is 0 Å². The summed E-state index contributed by atoms with van der Waals surface area (Å²) in [5.41, 5.74) is 2.70. The molecular formula is C17H17FN2S. The summed E-state index contributed by atoms with van der Waals surface area (Å²) in [6.45, 7) is 1.88. The number of nitrogens with zero attached hydrogens (tertiary/aromatic N) is 1. The number of benzene rings is 2. The first kappa shape index (κ1) is 14.1. The van der Waals surface area contributed by atoms with Crippen LogP contribution in [0.2, 0.25) is 0 Å². The van der Waals surface area contributed by atoms with Crippen LogP contribution in [0.5, 0.6) is 0 Å². The van der Waals surface area contributed by atoms with Crippen molar-refractivity contribution < 1.29 is 4.39 Å². The van der Waals surface area contributed by atoms with Gasteiger partial charge in [0.15, 0.2) is 5.17 Å². The van der Waals surface area contributed by atoms with Gasteiger partial charge in [-0.3, -0.25) is 4.99 Å². The lowest BCUT2D eigenvalue weighted by atomic mass is 10.1. The number of halogens is 1. The zero-order valence-electron chi connectivity index (χ0n) is 11.8. The van der Waals surface area contributed by atoms with Crippen LogP contribution in [0.4, 0.5) is 10.1 Å². The molecule has 1 unspecified atom stereocenters. The summed E-state index contributed by atoms with van der Waals surface area (Å²) >= 11 is 1.65. The molecule has 0 bridgehead atoms. The van der Waals surface area contributed by atoms with E-state index in [1.807, 2.05) is 31.2 Å². The summed E-state index contributed by atoms with van der Waals surface area (Å²) in [5, 5.41) is 3.89. The Morgan fingerprint density at radius 1 is 1.24 bits per heavy atom. The molecule has 21 heavy (non-hydrogen) atoms. The molecule has 4 heteroatoms. The Bertz CT molecular complexity index is 655. The van der Waals surface area contributed by atoms with Crippen molar-refractivity contribution in [3.05, 3.63) is 65.5 Å². The third kappa shape index (κ3) is 3.64. The van der Waals surface area contributed by atoms with Gasteiger partial charge in [0.1, 0.15) is 5.82 Å². The lowest BCUT2D eigenvalue weighted by Crippen LogP contribution is -2.09. The molecule has 2 nitrogen and oxygen atoms in total. The standard InChI is InChI=1S/C17H17FN2S/c1-12-7-8-16(15(18)9-12)20-17-19-14(11-21-17)10-13-5-3-2-4-6-13/h2-9,14H,10-11H2,1H3,(H,19,20). The highest BCUT2D eigenvalue weighted by atomic mass is 32.2. The molecule has 2 aromatic carbocycles. The molecule has 0 aliphatic carbocycles. The van der Waals surface area contributed by atoms with Crippen LogP contribution in [-0.2, 0) is 6.42 Å². The first-order valence-electron chi connectivity index (χ1n) is 6.98. The molecule has 0 radical (unpaired) electrons. The molecule has 1 atom stereocenters. The van der Waals surface area contributed by atoms with E-state index in [9.17, 15) is 4.39 Å². The van der Waals surface area contributed by atoms with Crippen molar-refractivity contribution in [3.8, 4) is 0 Å². The van der Waals surface area contributed by atoms with Gasteiger partial charge in [0.2, 0.25) is 0 Å². The largest absolute Gasteiger partial charge is 0.333 e. The van der Waals surface area contributed by atoms with Crippen LogP contribution in [0.25, 0.3) is 0 Å². The Kier molecular flexibility index (Phi) is 4.25. The predicted octanol–water partition coefficient (Wildman–Crippen LogP) is 4.26. The zero-order valence-corrected chi connectivity index (χ0v) is 12.7. The SMILES string of the molecule is Cc1ccc(NC2=NC(Cc3ccccc3)CS2)c(F)c1. The van der Waals surface area contributed by atoms with E-state index >= 15 is 0 Å². The van der Waals surface area contributed by atoms with Crippen LogP contribution in [0.3, 0.4) is 0 Å². The van der Waals surface area contributed by atoms with Crippen molar-refractivity contribution in [2.75, 3.05) is 11.1 Å². The molecule has 2 aromatic rings. The van der Waals surface area contributed by atoms with Gasteiger partial charge < -0.3 is 5.32 Å². The second-order valence-electron chi connectivity index (χ2n) is 5.20. The van der Waals surface area contributed by atoms with Gasteiger partial charge >= 0.3 is 0 Å². The summed E-state index contributed by atoms with van der Waals surface area (Å²) < 4.78 is 13.8. The fourth-order valence-electron chi connectivity index (χ4n) is 2.31. The second kappa shape index (κ2) is 6.31. The Labute approximate surface area is 128 Å². The molecular weight excluding hydrogens is 283 g/mol. The van der Waals surface area contributed by atoms with Gasteiger partial charge in [-0.25, -0.2) is 4.39 Å². The quantitative estimate of drug-likeness (QED) is 0.916. The molecule has 1 N–H and O–H groups in total. The first-order valence-corrected chi connectivity index (χ1v) is 7.97. The lowest BCUT2D eigenvalue weighted by Gasteiger charge is -2.07. The molecule has 0 aromatic heterocycles. The maximum atomic E-state index is 13.8. The van der Waals surface area contributed by atoms with Crippen molar-refractivity contribution in [3.63, 3.8) is 0 Å². The molecule has 0 saturated carbocycles. The molecule has 0 fully saturated rings. The van der Waals surface area contributed by atoms with E-state index in [1.54, 1.807) is 17.8 Å². The molecule has 1 aliphatic heterocycles. The smallest absolute Gasteiger partial charge is 0.161 e. The topological polar surface area (TPSA) is 24.4 Å². The molecule has 0 amide bonds. The summed E-state index contributed by atoms with van der Waals surface area (Å²) in [6, 6.07) is 15.8. The third-order valence-electron chi connectivity index (χ3n) is 3.39. The van der Waals surface area contributed by atoms with Crippen molar-refractivity contribution >= 4 is 22.6 Å². The van der Waals surface area contributed by atoms with E-state index < -0.39 is 0 Å². The molecule has 0 spiro atoms. The van der Waals surface area contributed by atoms with Gasteiger partial charge in [0.05, 0.1) is 11.7 Å². The van der Waals surface area contributed by atoms with Gasteiger partial charge in [-0.1, -0.05) is 48.2 Å². The van der Waals surface area contributed by atoms with Gasteiger partial charge in [-0.15, -0.1) is 0 Å². The highest BCUT2D eigenvalue weighted by Gasteiger charge is 2.19. The number of hydrogen-bond acceptors (Lipinski definition) is 3. The molecule has 108 valence electrons. The minimum absolute atomic E-state index is 0.232. The maximum Gasteiger partial charge on any atom is 0.161 e. The molecule has 1 heterocycles. The predicted molar refractivity (Wildman–Crippen MR) is 88.6 cm³/mol. The van der Waals surface area contributed by atoms with E-state index in [2.05, 4.69) is 22.4 Å². The van der Waals surface area contributed by atoms with Crippen LogP contribution >= 0.6 is 11.8 Å². The third-order valence-corrected chi connectivity index (χ3v) is 4.42. The van der Waals surface area contributed by atoms with Gasteiger partial charge in [0.25, 0.3) is 0 Å². The summed E-state index contributed by atoms with van der Waals surface area (Å²) in [4.78, 5) is 4.64. The number of anilines is 1. The monoisotopic (exact) mass is 300 g/mol. The Hall–Kier alpha value is -1.81. The average Bonchev–Trinajstić information content (AvgIpc) is 2.90. The number of aliphatic imine (C=N–C) groups is 1. The number of hydrogen-bond donors (Lipinski definition) is 1. The highest BCUT2D eigenvalue weighted by Crippen LogP contribution is 2.24. The number of aryl methyl sites for hydroxylation is 1. The Morgan fingerprint density at radius 3 is 2.81 bits per heavy atom. The summed E-state index contributed by atoms with van der Waals surface area (Å²) in [7, 11) is 0. The van der Waals surface area contributed by atoms with E-state index in [1.165, 1.54) is 11.6 Å². The Balaban J connectivity index is 1.66. The zero-order chi connectivity index (χ0) is 14.7. The number of amidine groups is 1. The summed E-state index contributed by atoms with van der Waals surface area (Å²) in [5.74, 6) is 0.704. The van der Waals surface area contributed by atoms with Crippen molar-refractivity contribution in [2.24, 2.45) is 4.99 Å². The minimum atomic E-state index is -0.232. The fourth-order valence-corrected chi connectivity index (χ4v) is 3.26. The molecule has 0 saturated heterocycles. The van der Waals surface area contributed by atoms with Crippen LogP contribution in [-0.4, -0.2) is 17.0 Å². The van der Waals surface area contributed by atoms with Crippen molar-refractivity contribution in [1.82, 2.24) is 0 Å². The van der Waals surface area contributed by atoms with Crippen molar-refractivity contribution in [2.45, 2.75) is 19.4 Å². The van der Waals surface area contributed by atoms with Crippen LogP contribution in [0.15, 0.2) is 53.5 Å². The number of rotatable bonds is 3. The lowest BCUT2D eigenvalue weighted by molar-refractivity contribution is 0.631. The number of nitrogens with one attached hydrogen (secondary N) is 1.